The summed E-state index contributed by atoms with van der Waals surface area (Å²) in [7, 11) is -2.30. The Balaban J connectivity index is 1.35. The second-order valence-corrected chi connectivity index (χ2v) is 12.4. The fraction of sp³-hybridized carbons (Fsp3) is 0.0833. The number of para-hydroxylation sites is 1. The number of primary sulfonamides is 1. The van der Waals surface area contributed by atoms with Crippen molar-refractivity contribution in [3.05, 3.63) is 150 Å². The van der Waals surface area contributed by atoms with E-state index in [1.807, 2.05) is 91.0 Å². The number of nitrogens with zero attached hydrogens (tertiary/aromatic N) is 2. The molecule has 0 spiro atoms. The number of carbonyl (C=O) groups is 1. The van der Waals surface area contributed by atoms with Crippen molar-refractivity contribution in [2.24, 2.45) is 15.9 Å². The molecule has 0 saturated heterocycles. The fourth-order valence-electron chi connectivity index (χ4n) is 4.94. The normalized spacial score (nSPS) is 11.6. The van der Waals surface area contributed by atoms with Crippen molar-refractivity contribution in [3.63, 3.8) is 0 Å². The van der Waals surface area contributed by atoms with Crippen LogP contribution in [0.25, 0.3) is 11.1 Å². The van der Waals surface area contributed by atoms with E-state index < -0.39 is 10.0 Å². The second-order valence-electron chi connectivity index (χ2n) is 10.5. The molecule has 0 bridgehead atoms. The third-order valence-corrected chi connectivity index (χ3v) is 8.60. The highest BCUT2D eigenvalue weighted by Crippen LogP contribution is 2.27. The monoisotopic (exact) mass is 648 g/mol. The summed E-state index contributed by atoms with van der Waals surface area (Å²) < 4.78 is 29.4. The molecule has 5 aromatic rings. The molecular formula is C36H32N4O4S2. The summed E-state index contributed by atoms with van der Waals surface area (Å²) in [6, 6.07) is 38.0. The smallest absolute Gasteiger partial charge is 0.238 e. The highest BCUT2D eigenvalue weighted by molar-refractivity contribution is 7.89. The zero-order valence-corrected chi connectivity index (χ0v) is 26.7. The van der Waals surface area contributed by atoms with E-state index in [-0.39, 0.29) is 23.1 Å². The van der Waals surface area contributed by atoms with Gasteiger partial charge in [-0.3, -0.25) is 4.79 Å². The van der Waals surface area contributed by atoms with Crippen LogP contribution in [0, 0.1) is 0 Å². The molecule has 0 saturated carbocycles. The van der Waals surface area contributed by atoms with E-state index in [9.17, 15) is 13.2 Å². The summed E-state index contributed by atoms with van der Waals surface area (Å²) in [6.07, 6.45) is 0.130. The largest absolute Gasteiger partial charge is 0.497 e. The maximum Gasteiger partial charge on any atom is 0.238 e. The van der Waals surface area contributed by atoms with Gasteiger partial charge in [-0.15, -0.1) is 0 Å². The minimum absolute atomic E-state index is 0.0459. The average molecular weight is 649 g/mol. The predicted octanol–water partition coefficient (Wildman–Crippen LogP) is 5.87. The minimum atomic E-state index is -3.90. The van der Waals surface area contributed by atoms with E-state index in [4.69, 9.17) is 27.8 Å². The number of carbonyl (C=O) groups excluding carboxylic acids is 1. The van der Waals surface area contributed by atoms with E-state index in [1.54, 1.807) is 42.3 Å². The van der Waals surface area contributed by atoms with Gasteiger partial charge >= 0.3 is 0 Å². The Morgan fingerprint density at radius 1 is 0.804 bits per heavy atom. The summed E-state index contributed by atoms with van der Waals surface area (Å²) in [5.41, 5.74) is 11.4. The molecule has 0 heterocycles. The standard InChI is InChI=1S/C36H32N4O4S2/c1-44-31-20-18-28(19-21-31)36(45)39-35(37)29-9-7-8-26(22-29)24-40(30-10-3-2-4-11-30)34(41)23-25-14-16-27(17-15-25)32-12-5-6-13-33(32)46(38,42)43/h2-22H,23-24H2,1H3,(H2,37,39,45)(H2,38,42,43). The van der Waals surface area contributed by atoms with E-state index in [2.05, 4.69) is 4.99 Å². The number of methoxy groups -OCH3 is 1. The Bertz CT molecular complexity index is 1990. The molecule has 0 fully saturated rings. The maximum atomic E-state index is 13.8. The average Bonchev–Trinajstić information content (AvgIpc) is 3.07. The lowest BCUT2D eigenvalue weighted by atomic mass is 10.0. The molecule has 0 aromatic heterocycles. The lowest BCUT2D eigenvalue weighted by Crippen LogP contribution is -2.32. The van der Waals surface area contributed by atoms with Crippen LogP contribution in [0.1, 0.15) is 22.3 Å². The highest BCUT2D eigenvalue weighted by atomic mass is 32.2. The number of aliphatic imine (C=N–C) groups is 1. The maximum absolute atomic E-state index is 13.8. The first-order valence-corrected chi connectivity index (χ1v) is 16.3. The van der Waals surface area contributed by atoms with Crippen LogP contribution in [-0.4, -0.2) is 32.3 Å². The summed E-state index contributed by atoms with van der Waals surface area (Å²) in [5, 5.41) is 5.42. The number of rotatable bonds is 10. The molecule has 10 heteroatoms. The van der Waals surface area contributed by atoms with Crippen LogP contribution < -0.4 is 20.5 Å². The molecule has 0 aliphatic carbocycles. The van der Waals surface area contributed by atoms with Gasteiger partial charge in [-0.25, -0.2) is 18.5 Å². The summed E-state index contributed by atoms with van der Waals surface area (Å²) in [6.45, 7) is 0.298. The van der Waals surface area contributed by atoms with Crippen molar-refractivity contribution < 1.29 is 17.9 Å². The number of ether oxygens (including phenoxy) is 1. The molecule has 232 valence electrons. The number of amidine groups is 1. The Morgan fingerprint density at radius 3 is 2.15 bits per heavy atom. The van der Waals surface area contributed by atoms with Gasteiger partial charge in [-0.1, -0.05) is 91.1 Å². The molecule has 4 N–H and O–H groups in total. The highest BCUT2D eigenvalue weighted by Gasteiger charge is 2.19. The minimum Gasteiger partial charge on any atom is -0.497 e. The van der Waals surface area contributed by atoms with Gasteiger partial charge in [0.25, 0.3) is 0 Å². The molecule has 0 aliphatic rings. The Kier molecular flexibility index (Phi) is 10.0. The first kappa shape index (κ1) is 32.2. The van der Waals surface area contributed by atoms with Gasteiger partial charge in [0.1, 0.15) is 16.6 Å². The SMILES string of the molecule is COc1ccc(C(=S)N=C(N)c2cccc(CN(C(=O)Cc3ccc(-c4ccccc4S(N)(=O)=O)cc3)c3ccccc3)c2)cc1. The zero-order valence-electron chi connectivity index (χ0n) is 25.0. The lowest BCUT2D eigenvalue weighted by Gasteiger charge is -2.23. The van der Waals surface area contributed by atoms with Crippen LogP contribution in [0.2, 0.25) is 0 Å². The Morgan fingerprint density at radius 2 is 1.48 bits per heavy atom. The predicted molar refractivity (Wildman–Crippen MR) is 186 cm³/mol. The third kappa shape index (κ3) is 7.91. The number of hydrogen-bond donors (Lipinski definition) is 2. The lowest BCUT2D eigenvalue weighted by molar-refractivity contribution is -0.118. The quantitative estimate of drug-likeness (QED) is 0.111. The van der Waals surface area contributed by atoms with Crippen LogP contribution >= 0.6 is 12.2 Å². The Hall–Kier alpha value is -5.16. The van der Waals surface area contributed by atoms with Gasteiger partial charge < -0.3 is 15.4 Å². The molecule has 1 amide bonds. The molecule has 5 aromatic carbocycles. The van der Waals surface area contributed by atoms with Crippen molar-refractivity contribution >= 4 is 44.7 Å². The third-order valence-electron chi connectivity index (χ3n) is 7.31. The van der Waals surface area contributed by atoms with Crippen molar-refractivity contribution in [2.75, 3.05) is 12.0 Å². The van der Waals surface area contributed by atoms with Gasteiger partial charge in [-0.2, -0.15) is 0 Å². The van der Waals surface area contributed by atoms with E-state index in [1.165, 1.54) is 6.07 Å². The number of hydrogen-bond acceptors (Lipinski definition) is 5. The van der Waals surface area contributed by atoms with Gasteiger partial charge in [0.15, 0.2) is 0 Å². The van der Waals surface area contributed by atoms with E-state index >= 15 is 0 Å². The van der Waals surface area contributed by atoms with Gasteiger partial charge in [-0.05, 0) is 65.2 Å². The number of amides is 1. The number of thiocarbonyl (C=S) groups is 1. The number of benzene rings is 5. The number of nitrogens with two attached hydrogens (primary N) is 2. The Labute approximate surface area is 274 Å². The van der Waals surface area contributed by atoms with Gasteiger partial charge in [0, 0.05) is 22.4 Å². The van der Waals surface area contributed by atoms with Crippen LogP contribution in [0.5, 0.6) is 5.75 Å². The molecule has 8 nitrogen and oxygen atoms in total. The summed E-state index contributed by atoms with van der Waals surface area (Å²) >= 11 is 5.50. The van der Waals surface area contributed by atoms with Crippen molar-refractivity contribution in [1.29, 1.82) is 0 Å². The number of sulfonamides is 1. The van der Waals surface area contributed by atoms with E-state index in [0.29, 0.717) is 28.2 Å². The molecule has 0 atom stereocenters. The van der Waals surface area contributed by atoms with Gasteiger partial charge in [0.2, 0.25) is 15.9 Å². The van der Waals surface area contributed by atoms with Crippen LogP contribution in [0.4, 0.5) is 5.69 Å². The van der Waals surface area contributed by atoms with Crippen molar-refractivity contribution in [2.45, 2.75) is 17.9 Å². The first-order chi connectivity index (χ1) is 22.1. The second kappa shape index (κ2) is 14.3. The van der Waals surface area contributed by atoms with E-state index in [0.717, 1.165) is 28.1 Å². The molecule has 0 aliphatic heterocycles. The number of anilines is 1. The first-order valence-electron chi connectivity index (χ1n) is 14.3. The van der Waals surface area contributed by atoms with Crippen LogP contribution in [0.3, 0.4) is 0 Å². The van der Waals surface area contributed by atoms with Crippen molar-refractivity contribution in [3.8, 4) is 16.9 Å². The summed E-state index contributed by atoms with van der Waals surface area (Å²) in [4.78, 5) is 20.4. The molecule has 5 rings (SSSR count). The summed E-state index contributed by atoms with van der Waals surface area (Å²) in [5.74, 6) is 0.873. The molecule has 0 unspecified atom stereocenters. The van der Waals surface area contributed by atoms with Crippen molar-refractivity contribution in [1.82, 2.24) is 0 Å². The fourth-order valence-corrected chi connectivity index (χ4v) is 5.94. The van der Waals surface area contributed by atoms with Crippen LogP contribution in [0.15, 0.2) is 137 Å². The zero-order chi connectivity index (χ0) is 32.7. The molecular weight excluding hydrogens is 617 g/mol. The molecule has 0 radical (unpaired) electrons. The van der Waals surface area contributed by atoms with Crippen LogP contribution in [-0.2, 0) is 27.8 Å². The topological polar surface area (TPSA) is 128 Å². The van der Waals surface area contributed by atoms with Gasteiger partial charge in [0.05, 0.1) is 25.0 Å². The molecule has 46 heavy (non-hydrogen) atoms.